The summed E-state index contributed by atoms with van der Waals surface area (Å²) in [5, 5.41) is 0. The molecule has 0 heterocycles. The van der Waals surface area contributed by atoms with Crippen molar-refractivity contribution >= 4 is 18.4 Å². The minimum absolute atomic E-state index is 0.706. The van der Waals surface area contributed by atoms with E-state index >= 15 is 0 Å². The molecule has 0 fully saturated rings. The Morgan fingerprint density at radius 3 is 2.11 bits per heavy atom. The second-order valence-corrected chi connectivity index (χ2v) is 4.47. The van der Waals surface area contributed by atoms with Crippen LogP contribution in [0.25, 0.3) is 12.2 Å². The lowest BCUT2D eigenvalue weighted by atomic mass is 10.0. The molecule has 18 heavy (non-hydrogen) atoms. The van der Waals surface area contributed by atoms with Crippen LogP contribution in [-0.2, 0) is 0 Å². The maximum Gasteiger partial charge on any atom is 0.150 e. The normalized spacial score (nSPS) is 10.8. The van der Waals surface area contributed by atoms with Crippen LogP contribution in [-0.4, -0.2) is 6.29 Å². The molecule has 0 spiro atoms. The minimum atomic E-state index is 0.706. The van der Waals surface area contributed by atoms with Gasteiger partial charge in [0, 0.05) is 5.56 Å². The molecule has 0 unspecified atom stereocenters. The Kier molecular flexibility index (Phi) is 3.73. The SMILES string of the molecule is Cc1ccc(/C=C/c2cccc(C=O)c2)cc1C. The highest BCUT2D eigenvalue weighted by molar-refractivity contribution is 5.78. The lowest BCUT2D eigenvalue weighted by Gasteiger charge is -2.01. The van der Waals surface area contributed by atoms with E-state index in [1.165, 1.54) is 16.7 Å². The molecule has 0 saturated carbocycles. The van der Waals surface area contributed by atoms with Crippen molar-refractivity contribution < 1.29 is 4.79 Å². The van der Waals surface area contributed by atoms with Crippen LogP contribution >= 0.6 is 0 Å². The third-order valence-corrected chi connectivity index (χ3v) is 3.05. The Morgan fingerprint density at radius 1 is 0.778 bits per heavy atom. The lowest BCUT2D eigenvalue weighted by molar-refractivity contribution is 0.112. The number of rotatable bonds is 3. The van der Waals surface area contributed by atoms with Crippen LogP contribution in [0.3, 0.4) is 0 Å². The molecule has 1 nitrogen and oxygen atoms in total. The van der Waals surface area contributed by atoms with Gasteiger partial charge in [-0.1, -0.05) is 48.6 Å². The first-order chi connectivity index (χ1) is 8.69. The predicted octanol–water partition coefficient (Wildman–Crippen LogP) is 4.29. The van der Waals surface area contributed by atoms with E-state index in [0.29, 0.717) is 5.56 Å². The van der Waals surface area contributed by atoms with Crippen molar-refractivity contribution in [3.05, 3.63) is 70.3 Å². The van der Waals surface area contributed by atoms with Gasteiger partial charge in [-0.05, 0) is 42.2 Å². The standard InChI is InChI=1S/C17H16O/c1-13-6-7-16(10-14(13)2)9-8-15-4-3-5-17(11-15)12-18/h3-12H,1-2H3/b9-8+. The fourth-order valence-electron chi connectivity index (χ4n) is 1.80. The van der Waals surface area contributed by atoms with Gasteiger partial charge in [-0.25, -0.2) is 0 Å². The van der Waals surface area contributed by atoms with E-state index in [-0.39, 0.29) is 0 Å². The molecule has 0 aliphatic heterocycles. The number of carbonyl (C=O) groups is 1. The van der Waals surface area contributed by atoms with Crippen LogP contribution in [0.2, 0.25) is 0 Å². The highest BCUT2D eigenvalue weighted by Crippen LogP contribution is 2.13. The van der Waals surface area contributed by atoms with Gasteiger partial charge >= 0.3 is 0 Å². The molecule has 0 N–H and O–H groups in total. The van der Waals surface area contributed by atoms with Gasteiger partial charge in [0.1, 0.15) is 6.29 Å². The average molecular weight is 236 g/mol. The van der Waals surface area contributed by atoms with Gasteiger partial charge in [-0.15, -0.1) is 0 Å². The second-order valence-electron chi connectivity index (χ2n) is 4.47. The largest absolute Gasteiger partial charge is 0.298 e. The number of hydrogen-bond donors (Lipinski definition) is 0. The van der Waals surface area contributed by atoms with Crippen LogP contribution in [0.15, 0.2) is 42.5 Å². The van der Waals surface area contributed by atoms with Crippen molar-refractivity contribution in [2.24, 2.45) is 0 Å². The molecular formula is C17H16O. The number of benzene rings is 2. The van der Waals surface area contributed by atoms with Crippen molar-refractivity contribution in [2.45, 2.75) is 13.8 Å². The molecule has 90 valence electrons. The highest BCUT2D eigenvalue weighted by atomic mass is 16.1. The Bertz CT molecular complexity index is 594. The van der Waals surface area contributed by atoms with Gasteiger partial charge in [0.2, 0.25) is 0 Å². The molecular weight excluding hydrogens is 220 g/mol. The van der Waals surface area contributed by atoms with E-state index in [1.807, 2.05) is 24.3 Å². The van der Waals surface area contributed by atoms with Crippen LogP contribution in [0.4, 0.5) is 0 Å². The van der Waals surface area contributed by atoms with E-state index in [0.717, 1.165) is 11.8 Å². The van der Waals surface area contributed by atoms with E-state index in [4.69, 9.17) is 0 Å². The number of carbonyl (C=O) groups excluding carboxylic acids is 1. The maximum absolute atomic E-state index is 10.7. The molecule has 0 aliphatic rings. The van der Waals surface area contributed by atoms with Gasteiger partial charge in [0.25, 0.3) is 0 Å². The van der Waals surface area contributed by atoms with E-state index in [1.54, 1.807) is 6.07 Å². The Balaban J connectivity index is 2.24. The van der Waals surface area contributed by atoms with Crippen molar-refractivity contribution in [3.8, 4) is 0 Å². The number of hydrogen-bond acceptors (Lipinski definition) is 1. The molecule has 0 aromatic heterocycles. The molecule has 0 radical (unpaired) electrons. The first kappa shape index (κ1) is 12.3. The zero-order valence-corrected chi connectivity index (χ0v) is 10.7. The second kappa shape index (κ2) is 5.46. The zero-order chi connectivity index (χ0) is 13.0. The van der Waals surface area contributed by atoms with Crippen LogP contribution in [0.5, 0.6) is 0 Å². The van der Waals surface area contributed by atoms with Gasteiger partial charge in [-0.2, -0.15) is 0 Å². The monoisotopic (exact) mass is 236 g/mol. The quantitative estimate of drug-likeness (QED) is 0.574. The van der Waals surface area contributed by atoms with Crippen molar-refractivity contribution in [2.75, 3.05) is 0 Å². The fourth-order valence-corrected chi connectivity index (χ4v) is 1.80. The zero-order valence-electron chi connectivity index (χ0n) is 10.7. The van der Waals surface area contributed by atoms with Gasteiger partial charge < -0.3 is 0 Å². The Labute approximate surface area is 108 Å². The molecule has 2 aromatic carbocycles. The highest BCUT2D eigenvalue weighted by Gasteiger charge is 1.94. The summed E-state index contributed by atoms with van der Waals surface area (Å²) in [7, 11) is 0. The summed E-state index contributed by atoms with van der Waals surface area (Å²) in [6, 6.07) is 14.0. The number of aryl methyl sites for hydroxylation is 2. The van der Waals surface area contributed by atoms with Gasteiger partial charge in [0.05, 0.1) is 0 Å². The maximum atomic E-state index is 10.7. The van der Waals surface area contributed by atoms with E-state index in [2.05, 4.69) is 38.1 Å². The molecule has 2 rings (SSSR count). The Morgan fingerprint density at radius 2 is 1.44 bits per heavy atom. The first-order valence-electron chi connectivity index (χ1n) is 5.99. The van der Waals surface area contributed by atoms with Crippen molar-refractivity contribution in [1.82, 2.24) is 0 Å². The summed E-state index contributed by atoms with van der Waals surface area (Å²) in [4.78, 5) is 10.7. The molecule has 1 heteroatoms. The molecule has 0 bridgehead atoms. The molecule has 0 amide bonds. The number of aldehydes is 1. The Hall–Kier alpha value is -2.15. The smallest absolute Gasteiger partial charge is 0.150 e. The summed E-state index contributed by atoms with van der Waals surface area (Å²) in [5.41, 5.74) is 5.51. The third-order valence-electron chi connectivity index (χ3n) is 3.05. The van der Waals surface area contributed by atoms with Gasteiger partial charge in [0.15, 0.2) is 0 Å². The lowest BCUT2D eigenvalue weighted by Crippen LogP contribution is -1.82. The van der Waals surface area contributed by atoms with Crippen LogP contribution in [0, 0.1) is 13.8 Å². The average Bonchev–Trinajstić information content (AvgIpc) is 2.40. The summed E-state index contributed by atoms with van der Waals surface area (Å²) < 4.78 is 0. The van der Waals surface area contributed by atoms with Crippen molar-refractivity contribution in [3.63, 3.8) is 0 Å². The van der Waals surface area contributed by atoms with E-state index in [9.17, 15) is 4.79 Å². The minimum Gasteiger partial charge on any atom is -0.298 e. The summed E-state index contributed by atoms with van der Waals surface area (Å²) in [6.45, 7) is 4.22. The molecule has 2 aromatic rings. The fraction of sp³-hybridized carbons (Fsp3) is 0.118. The summed E-state index contributed by atoms with van der Waals surface area (Å²) in [5.74, 6) is 0. The molecule has 0 atom stereocenters. The van der Waals surface area contributed by atoms with E-state index < -0.39 is 0 Å². The van der Waals surface area contributed by atoms with Crippen LogP contribution < -0.4 is 0 Å². The first-order valence-corrected chi connectivity index (χ1v) is 5.99. The van der Waals surface area contributed by atoms with Gasteiger partial charge in [-0.3, -0.25) is 4.79 Å². The van der Waals surface area contributed by atoms with Crippen LogP contribution in [0.1, 0.15) is 32.6 Å². The van der Waals surface area contributed by atoms with Crippen molar-refractivity contribution in [1.29, 1.82) is 0 Å². The third kappa shape index (κ3) is 2.95. The summed E-state index contributed by atoms with van der Waals surface area (Å²) in [6.07, 6.45) is 4.96. The predicted molar refractivity (Wildman–Crippen MR) is 76.7 cm³/mol. The topological polar surface area (TPSA) is 17.1 Å². The molecule has 0 saturated heterocycles. The summed E-state index contributed by atoms with van der Waals surface area (Å²) >= 11 is 0. The molecule has 0 aliphatic carbocycles.